The first-order valence-electron chi connectivity index (χ1n) is 8.55. The first kappa shape index (κ1) is 21.3. The summed E-state index contributed by atoms with van der Waals surface area (Å²) in [5.74, 6) is 0.369. The molecule has 0 bridgehead atoms. The average Bonchev–Trinajstić information content (AvgIpc) is 2.72. The highest BCUT2D eigenvalue weighted by Gasteiger charge is 2.11. The van der Waals surface area contributed by atoms with E-state index in [4.69, 9.17) is 17.0 Å². The predicted octanol–water partition coefficient (Wildman–Crippen LogP) is 2.68. The fourth-order valence-electron chi connectivity index (χ4n) is 1.99. The van der Waals surface area contributed by atoms with Crippen LogP contribution in [0.5, 0.6) is 0 Å². The maximum absolute atomic E-state index is 5.33. The summed E-state index contributed by atoms with van der Waals surface area (Å²) in [6, 6.07) is 5.36. The highest BCUT2D eigenvalue weighted by molar-refractivity contribution is 7.99. The summed E-state index contributed by atoms with van der Waals surface area (Å²) in [6.07, 6.45) is 7.57. The van der Waals surface area contributed by atoms with Gasteiger partial charge in [0.25, 0.3) is 0 Å². The molecule has 0 spiro atoms. The maximum atomic E-state index is 5.33. The summed E-state index contributed by atoms with van der Waals surface area (Å²) >= 11 is 7.99. The lowest BCUT2D eigenvalue weighted by molar-refractivity contribution is 0.196. The number of nitrogens with zero attached hydrogens (tertiary/aromatic N) is 6. The van der Waals surface area contributed by atoms with Crippen molar-refractivity contribution >= 4 is 46.8 Å². The summed E-state index contributed by atoms with van der Waals surface area (Å²) in [5, 5.41) is 9.08. The molecule has 3 heterocycles. The minimum absolute atomic E-state index is 0.369. The molecule has 9 nitrogen and oxygen atoms in total. The van der Waals surface area contributed by atoms with Crippen LogP contribution in [0.2, 0.25) is 0 Å². The molecule has 0 aliphatic rings. The van der Waals surface area contributed by atoms with Gasteiger partial charge in [-0.15, -0.1) is 0 Å². The first-order valence-corrected chi connectivity index (χ1v) is 10.6. The number of thiocarbonyl (C=S) groups is 1. The number of rotatable bonds is 9. The Hall–Kier alpha value is -2.41. The Morgan fingerprint density at radius 3 is 2.03 bits per heavy atom. The van der Waals surface area contributed by atoms with Crippen LogP contribution in [0, 0.1) is 0 Å². The number of hydrogen-bond acceptors (Lipinski definition) is 10. The quantitative estimate of drug-likeness (QED) is 0.218. The van der Waals surface area contributed by atoms with Gasteiger partial charge in [0, 0.05) is 51.1 Å². The number of methoxy groups -OCH3 is 1. The Morgan fingerprint density at radius 1 is 0.966 bits per heavy atom. The van der Waals surface area contributed by atoms with Crippen LogP contribution in [0.3, 0.4) is 0 Å². The van der Waals surface area contributed by atoms with Crippen molar-refractivity contribution in [1.82, 2.24) is 35.2 Å². The van der Waals surface area contributed by atoms with Crippen molar-refractivity contribution in [2.75, 3.05) is 25.6 Å². The van der Waals surface area contributed by atoms with E-state index in [-0.39, 0.29) is 0 Å². The van der Waals surface area contributed by atoms with E-state index < -0.39 is 0 Å². The van der Waals surface area contributed by atoms with E-state index in [9.17, 15) is 0 Å². The van der Waals surface area contributed by atoms with Crippen molar-refractivity contribution < 1.29 is 4.74 Å². The van der Waals surface area contributed by atoms with Gasteiger partial charge in [0.15, 0.2) is 15.4 Å². The molecule has 0 radical (unpaired) electrons. The fraction of sp³-hybridized carbons (Fsp3) is 0.235. The fourth-order valence-corrected chi connectivity index (χ4v) is 3.69. The third-order valence-corrected chi connectivity index (χ3v) is 5.06. The van der Waals surface area contributed by atoms with Crippen LogP contribution < -0.4 is 10.6 Å². The van der Waals surface area contributed by atoms with Crippen molar-refractivity contribution in [3.8, 4) is 0 Å². The summed E-state index contributed by atoms with van der Waals surface area (Å²) in [4.78, 5) is 25.9. The zero-order valence-corrected chi connectivity index (χ0v) is 17.9. The second-order valence-electron chi connectivity index (χ2n) is 5.36. The summed E-state index contributed by atoms with van der Waals surface area (Å²) < 4.78 is 5.03. The molecule has 0 unspecified atom stereocenters. The normalized spacial score (nSPS) is 10.5. The van der Waals surface area contributed by atoms with Crippen LogP contribution in [0.15, 0.2) is 63.4 Å². The Labute approximate surface area is 182 Å². The monoisotopic (exact) mass is 446 g/mol. The molecule has 3 aromatic rings. The van der Waals surface area contributed by atoms with E-state index in [0.29, 0.717) is 44.6 Å². The van der Waals surface area contributed by atoms with Gasteiger partial charge in [-0.25, -0.2) is 29.9 Å². The van der Waals surface area contributed by atoms with Gasteiger partial charge < -0.3 is 15.4 Å². The van der Waals surface area contributed by atoms with Gasteiger partial charge in [-0.2, -0.15) is 0 Å². The lowest BCUT2D eigenvalue weighted by atomic mass is 10.4. The highest BCUT2D eigenvalue weighted by atomic mass is 32.2. The molecule has 0 fully saturated rings. The number of nitrogens with one attached hydrogen (secondary N) is 2. The first-order chi connectivity index (χ1) is 14.2. The van der Waals surface area contributed by atoms with Gasteiger partial charge in [-0.3, -0.25) is 0 Å². The van der Waals surface area contributed by atoms with Crippen LogP contribution in [-0.4, -0.2) is 55.3 Å². The maximum Gasteiger partial charge on any atom is 0.231 e. The van der Waals surface area contributed by atoms with Crippen molar-refractivity contribution in [3.63, 3.8) is 0 Å². The van der Waals surface area contributed by atoms with E-state index in [0.717, 1.165) is 6.42 Å². The van der Waals surface area contributed by atoms with Crippen molar-refractivity contribution in [3.05, 3.63) is 43.0 Å². The summed E-state index contributed by atoms with van der Waals surface area (Å²) in [5.41, 5.74) is 0. The molecule has 2 N–H and O–H groups in total. The topological polar surface area (TPSA) is 111 Å². The molecule has 150 valence electrons. The molecule has 0 atom stereocenters. The molecule has 0 saturated carbocycles. The zero-order valence-electron chi connectivity index (χ0n) is 15.5. The standard InChI is InChI=1S/C17H18N8OS3/c1-26-10-4-9-18-15(27)25-14-23-12(28-16-19-5-2-6-20-16)11-13(24-14)29-17-21-7-3-8-22-17/h2-3,5-8,11H,4,9-10H2,1H3,(H2,18,23,24,25,27). The Bertz CT molecular complexity index is 857. The third kappa shape index (κ3) is 7.49. The molecule has 12 heteroatoms. The Balaban J connectivity index is 1.75. The van der Waals surface area contributed by atoms with Crippen LogP contribution >= 0.6 is 35.7 Å². The number of anilines is 1. The second-order valence-corrected chi connectivity index (χ2v) is 7.75. The van der Waals surface area contributed by atoms with E-state index >= 15 is 0 Å². The number of hydrogen-bond donors (Lipinski definition) is 2. The van der Waals surface area contributed by atoms with E-state index in [1.807, 2.05) is 6.07 Å². The van der Waals surface area contributed by atoms with Gasteiger partial charge in [0.1, 0.15) is 10.1 Å². The average molecular weight is 447 g/mol. The van der Waals surface area contributed by atoms with Gasteiger partial charge in [-0.05, 0) is 54.3 Å². The molecule has 29 heavy (non-hydrogen) atoms. The molecule has 0 aromatic carbocycles. The van der Waals surface area contributed by atoms with Gasteiger partial charge in [-0.1, -0.05) is 0 Å². The molecule has 3 aromatic heterocycles. The predicted molar refractivity (Wildman–Crippen MR) is 115 cm³/mol. The Morgan fingerprint density at radius 2 is 1.52 bits per heavy atom. The van der Waals surface area contributed by atoms with E-state index in [2.05, 4.69) is 40.5 Å². The van der Waals surface area contributed by atoms with Crippen LogP contribution in [0.1, 0.15) is 6.42 Å². The number of aromatic nitrogens is 6. The van der Waals surface area contributed by atoms with Crippen molar-refractivity contribution in [2.45, 2.75) is 26.8 Å². The lowest BCUT2D eigenvalue weighted by Crippen LogP contribution is -2.30. The van der Waals surface area contributed by atoms with Crippen molar-refractivity contribution in [2.24, 2.45) is 0 Å². The zero-order chi connectivity index (χ0) is 20.3. The molecule has 3 rings (SSSR count). The van der Waals surface area contributed by atoms with Crippen LogP contribution in [0.25, 0.3) is 0 Å². The van der Waals surface area contributed by atoms with E-state index in [1.54, 1.807) is 44.0 Å². The molecule has 0 amide bonds. The molecular formula is C17H18N8OS3. The van der Waals surface area contributed by atoms with Crippen molar-refractivity contribution in [1.29, 1.82) is 0 Å². The number of ether oxygens (including phenoxy) is 1. The minimum atomic E-state index is 0.369. The Kier molecular flexibility index (Phi) is 8.49. The second kappa shape index (κ2) is 11.6. The van der Waals surface area contributed by atoms with Gasteiger partial charge in [0.05, 0.1) is 0 Å². The highest BCUT2D eigenvalue weighted by Crippen LogP contribution is 2.29. The molecule has 0 aliphatic heterocycles. The lowest BCUT2D eigenvalue weighted by Gasteiger charge is -2.11. The molecule has 0 aliphatic carbocycles. The van der Waals surface area contributed by atoms with Crippen LogP contribution in [-0.2, 0) is 4.74 Å². The summed E-state index contributed by atoms with van der Waals surface area (Å²) in [6.45, 7) is 1.35. The smallest absolute Gasteiger partial charge is 0.231 e. The largest absolute Gasteiger partial charge is 0.385 e. The van der Waals surface area contributed by atoms with Crippen LogP contribution in [0.4, 0.5) is 5.95 Å². The van der Waals surface area contributed by atoms with E-state index in [1.165, 1.54) is 23.5 Å². The molecule has 0 saturated heterocycles. The van der Waals surface area contributed by atoms with Gasteiger partial charge in [0.2, 0.25) is 5.95 Å². The third-order valence-electron chi connectivity index (χ3n) is 3.19. The SMILES string of the molecule is COCCCNC(=S)Nc1nc(Sc2ncccn2)cc(Sc2ncccn2)n1. The van der Waals surface area contributed by atoms with Gasteiger partial charge >= 0.3 is 0 Å². The summed E-state index contributed by atoms with van der Waals surface area (Å²) in [7, 11) is 1.67. The minimum Gasteiger partial charge on any atom is -0.385 e. The molecular weight excluding hydrogens is 428 g/mol.